The van der Waals surface area contributed by atoms with E-state index in [2.05, 4.69) is 42.7 Å². The molecule has 1 fully saturated rings. The number of anilines is 1. The highest BCUT2D eigenvalue weighted by molar-refractivity contribution is 5.71. The zero-order valence-corrected chi connectivity index (χ0v) is 13.3. The second-order valence-corrected chi connectivity index (χ2v) is 6.52. The zero-order chi connectivity index (χ0) is 15.0. The van der Waals surface area contributed by atoms with Crippen molar-refractivity contribution in [2.24, 2.45) is 7.05 Å². The largest absolute Gasteiger partial charge is 0.383 e. The van der Waals surface area contributed by atoms with Crippen molar-refractivity contribution in [3.8, 4) is 11.3 Å². The van der Waals surface area contributed by atoms with E-state index in [1.165, 1.54) is 31.2 Å². The van der Waals surface area contributed by atoms with E-state index in [4.69, 9.17) is 10.7 Å². The van der Waals surface area contributed by atoms with E-state index in [0.29, 0.717) is 11.8 Å². The highest BCUT2D eigenvalue weighted by Gasteiger charge is 2.24. The summed E-state index contributed by atoms with van der Waals surface area (Å²) < 4.78 is 2.08. The van der Waals surface area contributed by atoms with Crippen LogP contribution in [0, 0.1) is 0 Å². The standard InChI is InChI=1S/C18H25N3/c1-12(2)13-8-10-14(11-9-13)16-17(19)21(3)18(20-16)15-6-4-5-7-15/h8-12,15H,4-7,19H2,1-3H3. The van der Waals surface area contributed by atoms with Gasteiger partial charge in [-0.25, -0.2) is 4.98 Å². The molecule has 0 unspecified atom stereocenters. The Morgan fingerprint density at radius 3 is 2.33 bits per heavy atom. The minimum absolute atomic E-state index is 0.550. The van der Waals surface area contributed by atoms with Gasteiger partial charge in [0.25, 0.3) is 0 Å². The number of benzene rings is 1. The summed E-state index contributed by atoms with van der Waals surface area (Å²) in [7, 11) is 2.04. The maximum absolute atomic E-state index is 6.30. The monoisotopic (exact) mass is 283 g/mol. The number of nitrogens with two attached hydrogens (primary N) is 1. The lowest BCUT2D eigenvalue weighted by Gasteiger charge is -2.08. The van der Waals surface area contributed by atoms with E-state index >= 15 is 0 Å². The molecule has 3 rings (SSSR count). The predicted molar refractivity (Wildman–Crippen MR) is 88.4 cm³/mol. The molecule has 1 aromatic heterocycles. The summed E-state index contributed by atoms with van der Waals surface area (Å²) in [4.78, 5) is 4.87. The molecule has 112 valence electrons. The Balaban J connectivity index is 1.96. The Morgan fingerprint density at radius 1 is 1.14 bits per heavy atom. The van der Waals surface area contributed by atoms with E-state index < -0.39 is 0 Å². The van der Waals surface area contributed by atoms with Crippen molar-refractivity contribution in [3.63, 3.8) is 0 Å². The quantitative estimate of drug-likeness (QED) is 0.904. The first-order valence-electron chi connectivity index (χ1n) is 8.00. The summed E-state index contributed by atoms with van der Waals surface area (Å²) in [5.74, 6) is 3.08. The van der Waals surface area contributed by atoms with Crippen LogP contribution < -0.4 is 5.73 Å². The molecule has 1 aliphatic carbocycles. The fraction of sp³-hybridized carbons (Fsp3) is 0.500. The van der Waals surface area contributed by atoms with Crippen LogP contribution in [-0.2, 0) is 7.05 Å². The molecule has 0 aliphatic heterocycles. The van der Waals surface area contributed by atoms with Gasteiger partial charge in [0.05, 0.1) is 0 Å². The van der Waals surface area contributed by atoms with Gasteiger partial charge in [0.15, 0.2) is 0 Å². The SMILES string of the molecule is CC(C)c1ccc(-c2nc(C3CCCC3)n(C)c2N)cc1. The second kappa shape index (κ2) is 5.55. The third kappa shape index (κ3) is 2.57. The van der Waals surface area contributed by atoms with Crippen molar-refractivity contribution >= 4 is 5.82 Å². The maximum Gasteiger partial charge on any atom is 0.131 e. The number of hydrogen-bond donors (Lipinski definition) is 1. The highest BCUT2D eigenvalue weighted by atomic mass is 15.1. The lowest BCUT2D eigenvalue weighted by Crippen LogP contribution is -2.05. The summed E-state index contributed by atoms with van der Waals surface area (Å²) in [6, 6.07) is 8.66. The van der Waals surface area contributed by atoms with Gasteiger partial charge in [-0.3, -0.25) is 0 Å². The van der Waals surface area contributed by atoms with E-state index in [0.717, 1.165) is 22.9 Å². The van der Waals surface area contributed by atoms with Gasteiger partial charge in [-0.1, -0.05) is 51.0 Å². The molecule has 1 heterocycles. The van der Waals surface area contributed by atoms with Crippen LogP contribution in [-0.4, -0.2) is 9.55 Å². The fourth-order valence-corrected chi connectivity index (χ4v) is 3.32. The average Bonchev–Trinajstić information content (AvgIpc) is 3.09. The number of imidazole rings is 1. The van der Waals surface area contributed by atoms with Crippen LogP contribution >= 0.6 is 0 Å². The third-order valence-electron chi connectivity index (χ3n) is 4.75. The van der Waals surface area contributed by atoms with Gasteiger partial charge in [0.1, 0.15) is 17.3 Å². The third-order valence-corrected chi connectivity index (χ3v) is 4.75. The van der Waals surface area contributed by atoms with Crippen LogP contribution in [0.15, 0.2) is 24.3 Å². The number of hydrogen-bond acceptors (Lipinski definition) is 2. The molecule has 2 aromatic rings. The minimum Gasteiger partial charge on any atom is -0.383 e. The van der Waals surface area contributed by atoms with Crippen molar-refractivity contribution in [1.29, 1.82) is 0 Å². The summed E-state index contributed by atoms with van der Waals surface area (Å²) in [6.07, 6.45) is 5.12. The second-order valence-electron chi connectivity index (χ2n) is 6.52. The topological polar surface area (TPSA) is 43.8 Å². The molecule has 0 spiro atoms. The lowest BCUT2D eigenvalue weighted by atomic mass is 10.0. The average molecular weight is 283 g/mol. The molecule has 1 aliphatic rings. The molecule has 21 heavy (non-hydrogen) atoms. The molecular weight excluding hydrogens is 258 g/mol. The fourth-order valence-electron chi connectivity index (χ4n) is 3.32. The van der Waals surface area contributed by atoms with Crippen molar-refractivity contribution in [1.82, 2.24) is 9.55 Å². The maximum atomic E-state index is 6.30. The molecule has 0 radical (unpaired) electrons. The first kappa shape index (κ1) is 14.2. The highest BCUT2D eigenvalue weighted by Crippen LogP contribution is 2.37. The normalized spacial score (nSPS) is 16.0. The zero-order valence-electron chi connectivity index (χ0n) is 13.3. The Morgan fingerprint density at radius 2 is 1.76 bits per heavy atom. The number of nitrogen functional groups attached to an aromatic ring is 1. The van der Waals surface area contributed by atoms with E-state index in [1.807, 2.05) is 7.05 Å². The Hall–Kier alpha value is -1.77. The molecule has 0 atom stereocenters. The van der Waals surface area contributed by atoms with E-state index in [-0.39, 0.29) is 0 Å². The number of aromatic nitrogens is 2. The van der Waals surface area contributed by atoms with Gasteiger partial charge in [-0.05, 0) is 24.3 Å². The van der Waals surface area contributed by atoms with Crippen molar-refractivity contribution < 1.29 is 0 Å². The van der Waals surface area contributed by atoms with E-state index in [1.54, 1.807) is 0 Å². The molecule has 1 aromatic carbocycles. The summed E-state index contributed by atoms with van der Waals surface area (Å²) >= 11 is 0. The van der Waals surface area contributed by atoms with Gasteiger partial charge in [-0.15, -0.1) is 0 Å². The molecule has 0 bridgehead atoms. The first-order chi connectivity index (χ1) is 10.1. The Bertz CT molecular complexity index is 617. The van der Waals surface area contributed by atoms with Crippen molar-refractivity contribution in [2.45, 2.75) is 51.4 Å². The molecule has 3 heteroatoms. The lowest BCUT2D eigenvalue weighted by molar-refractivity contribution is 0.635. The molecule has 3 nitrogen and oxygen atoms in total. The van der Waals surface area contributed by atoms with Gasteiger partial charge in [0, 0.05) is 18.5 Å². The number of rotatable bonds is 3. The van der Waals surface area contributed by atoms with Gasteiger partial charge in [-0.2, -0.15) is 0 Å². The minimum atomic E-state index is 0.550. The summed E-state index contributed by atoms with van der Waals surface area (Å²) in [5.41, 5.74) is 9.71. The van der Waals surface area contributed by atoms with E-state index in [9.17, 15) is 0 Å². The molecule has 1 saturated carbocycles. The molecule has 0 saturated heterocycles. The predicted octanol–water partition coefficient (Wildman–Crippen LogP) is 4.45. The van der Waals surface area contributed by atoms with Crippen molar-refractivity contribution in [3.05, 3.63) is 35.7 Å². The van der Waals surface area contributed by atoms with Gasteiger partial charge >= 0.3 is 0 Å². The molecule has 2 N–H and O–H groups in total. The Labute approximate surface area is 127 Å². The number of nitrogens with zero attached hydrogens (tertiary/aromatic N) is 2. The van der Waals surface area contributed by atoms with Crippen molar-refractivity contribution in [2.75, 3.05) is 5.73 Å². The molecular formula is C18H25N3. The van der Waals surface area contributed by atoms with Gasteiger partial charge in [0.2, 0.25) is 0 Å². The summed E-state index contributed by atoms with van der Waals surface area (Å²) in [6.45, 7) is 4.42. The van der Waals surface area contributed by atoms with Crippen LogP contribution in [0.1, 0.15) is 62.8 Å². The van der Waals surface area contributed by atoms with Crippen LogP contribution in [0.5, 0.6) is 0 Å². The van der Waals surface area contributed by atoms with Crippen LogP contribution in [0.25, 0.3) is 11.3 Å². The molecule has 0 amide bonds. The van der Waals surface area contributed by atoms with Crippen LogP contribution in [0.3, 0.4) is 0 Å². The van der Waals surface area contributed by atoms with Gasteiger partial charge < -0.3 is 10.3 Å². The smallest absolute Gasteiger partial charge is 0.131 e. The van der Waals surface area contributed by atoms with Crippen LogP contribution in [0.4, 0.5) is 5.82 Å². The summed E-state index contributed by atoms with van der Waals surface area (Å²) in [5, 5.41) is 0. The Kier molecular flexibility index (Phi) is 3.75. The van der Waals surface area contributed by atoms with Crippen LogP contribution in [0.2, 0.25) is 0 Å². The first-order valence-corrected chi connectivity index (χ1v) is 8.00.